The van der Waals surface area contributed by atoms with E-state index in [9.17, 15) is 58.8 Å². The summed E-state index contributed by atoms with van der Waals surface area (Å²) in [6.45, 7) is 11.5. The molecule has 126 heavy (non-hydrogen) atoms. The molecule has 0 spiro atoms. The molecule has 0 radical (unpaired) electrons. The van der Waals surface area contributed by atoms with E-state index in [1.807, 2.05) is 0 Å². The molecule has 2 amide bonds. The van der Waals surface area contributed by atoms with Crippen LogP contribution in [0.3, 0.4) is 0 Å². The molecule has 0 aromatic rings. The second kappa shape index (κ2) is 82.3. The van der Waals surface area contributed by atoms with Gasteiger partial charge in [-0.25, -0.2) is 4.57 Å². The maximum atomic E-state index is 15.1. The zero-order valence-electron chi connectivity index (χ0n) is 81.2. The van der Waals surface area contributed by atoms with E-state index in [1.54, 1.807) is 0 Å². The molecule has 2 aliphatic heterocycles. The van der Waals surface area contributed by atoms with E-state index in [0.29, 0.717) is 51.4 Å². The summed E-state index contributed by atoms with van der Waals surface area (Å²) >= 11 is 0. The van der Waals surface area contributed by atoms with Crippen molar-refractivity contribution in [2.45, 2.75) is 603 Å². The van der Waals surface area contributed by atoms with E-state index in [4.69, 9.17) is 37.7 Å². The van der Waals surface area contributed by atoms with Crippen LogP contribution in [0.1, 0.15) is 523 Å². The van der Waals surface area contributed by atoms with Crippen LogP contribution < -0.4 is 10.6 Å². The zero-order valence-corrected chi connectivity index (χ0v) is 82.1. The minimum absolute atomic E-state index is 0.125. The summed E-state index contributed by atoms with van der Waals surface area (Å²) in [6.07, 6.45) is 54.9. The summed E-state index contributed by atoms with van der Waals surface area (Å²) in [5, 5.41) is 52.0. The molecule has 8 N–H and O–H groups in total. The van der Waals surface area contributed by atoms with Gasteiger partial charge < -0.3 is 74.0 Å². The second-order valence-corrected chi connectivity index (χ2v) is 38.8. The third-order valence-electron chi connectivity index (χ3n) is 25.6. The molecule has 2 aliphatic rings. The first-order chi connectivity index (χ1) is 61.2. The number of hydrogen-bond acceptors (Lipinski definition) is 19. The number of nitrogens with one attached hydrogen (secondary N) is 2. The zero-order chi connectivity index (χ0) is 92.0. The predicted octanol–water partition coefficient (Wildman–Crippen LogP) is 24.6. The molecule has 2 saturated heterocycles. The van der Waals surface area contributed by atoms with Crippen molar-refractivity contribution in [3.8, 4) is 0 Å². The van der Waals surface area contributed by atoms with Crippen LogP contribution >= 0.6 is 7.82 Å². The Morgan fingerprint density at radius 3 is 0.857 bits per heavy atom. The average Bonchev–Trinajstić information content (AvgIpc) is 0.775. The van der Waals surface area contributed by atoms with Crippen molar-refractivity contribution in [2.75, 3.05) is 13.2 Å². The highest BCUT2D eigenvalue weighted by Crippen LogP contribution is 2.43. The predicted molar refractivity (Wildman–Crippen MR) is 505 cm³/mol. The van der Waals surface area contributed by atoms with Crippen molar-refractivity contribution < 1.29 is 101 Å². The van der Waals surface area contributed by atoms with Gasteiger partial charge in [-0.15, -0.1) is 0 Å². The number of ether oxygens (including phenoxy) is 7. The molecule has 2 heterocycles. The monoisotopic (exact) mass is 1810 g/mol. The standard InChI is InChI=1S/C102H193N2O21P/c1-7-13-19-25-31-37-40-42-43-45-48-54-60-65-71-77-92(109)120-85(74-68-62-56-50-35-29-23-17-11-5)80-90(107)104-96-100(124-94(111)81-86(75-69-63-57-51-36-30-24-18-12-6)121-93(110)78-72-66-58-52-46-39-33-27-21-15-9-3)99(125-126(115,116)117)87(82-105)123-102(96)118-83-88-97(112)98(113)95(101(114)122-88)103-89(106)79-84(73-67-61-55-49-34-28-22-16-10-4)119-91(108)76-70-64-59-53-47-44-41-38-32-26-20-14-8-2/h84-88,95-102,105,112-114H,7-83H2,1-6H3,(H,103,106)(H,104,107)(H2,115,116,117)/t84-,85-,86-,87-,88-,95-,96-,97-,98-,99-,100+,101?,102-/m1/s1. The third-order valence-corrected chi connectivity index (χ3v) is 26.1. The van der Waals surface area contributed by atoms with Crippen LogP contribution in [-0.2, 0) is 71.0 Å². The topological polar surface area (TPSA) is 339 Å². The molecule has 2 fully saturated rings. The van der Waals surface area contributed by atoms with E-state index >= 15 is 4.79 Å². The van der Waals surface area contributed by atoms with Crippen LogP contribution in [0, 0.1) is 0 Å². The maximum Gasteiger partial charge on any atom is 0.470 e. The Kier molecular flexibility index (Phi) is 77.6. The van der Waals surface area contributed by atoms with Gasteiger partial charge in [0.05, 0.1) is 32.5 Å². The number of phosphoric acid groups is 1. The normalized spacial score (nSPS) is 19.8. The summed E-state index contributed by atoms with van der Waals surface area (Å²) in [5.41, 5.74) is 0. The summed E-state index contributed by atoms with van der Waals surface area (Å²) < 4.78 is 61.7. The van der Waals surface area contributed by atoms with E-state index in [-0.39, 0.29) is 32.1 Å². The van der Waals surface area contributed by atoms with Crippen LogP contribution in [0.15, 0.2) is 0 Å². The van der Waals surface area contributed by atoms with Crippen molar-refractivity contribution in [3.05, 3.63) is 0 Å². The van der Waals surface area contributed by atoms with Gasteiger partial charge in [-0.05, 0) is 57.8 Å². The summed E-state index contributed by atoms with van der Waals surface area (Å²) in [7, 11) is -5.59. The van der Waals surface area contributed by atoms with Gasteiger partial charge >= 0.3 is 31.7 Å². The largest absolute Gasteiger partial charge is 0.470 e. The van der Waals surface area contributed by atoms with Crippen LogP contribution in [-0.4, -0.2) is 159 Å². The molecule has 0 bridgehead atoms. The van der Waals surface area contributed by atoms with E-state index in [2.05, 4.69) is 52.2 Å². The number of phosphoric ester groups is 1. The van der Waals surface area contributed by atoms with Crippen molar-refractivity contribution >= 4 is 43.5 Å². The number of amides is 2. The van der Waals surface area contributed by atoms with Crippen molar-refractivity contribution in [1.82, 2.24) is 10.6 Å². The first-order valence-corrected chi connectivity index (χ1v) is 54.4. The molecule has 0 saturated carbocycles. The molecule has 23 nitrogen and oxygen atoms in total. The summed E-state index contributed by atoms with van der Waals surface area (Å²) in [5.74, 6) is -3.83. The lowest BCUT2D eigenvalue weighted by atomic mass is 9.95. The molecular formula is C102H193N2O21P. The van der Waals surface area contributed by atoms with Gasteiger partial charge in [-0.3, -0.25) is 33.3 Å². The molecule has 742 valence electrons. The van der Waals surface area contributed by atoms with Gasteiger partial charge in [0.2, 0.25) is 11.8 Å². The van der Waals surface area contributed by atoms with Gasteiger partial charge in [0.1, 0.15) is 60.9 Å². The highest BCUT2D eigenvalue weighted by atomic mass is 31.2. The first kappa shape index (κ1) is 119. The Morgan fingerprint density at radius 1 is 0.317 bits per heavy atom. The van der Waals surface area contributed by atoms with E-state index in [1.165, 1.54) is 212 Å². The molecule has 0 aliphatic carbocycles. The average molecular weight is 1810 g/mol. The number of aliphatic hydroxyl groups excluding tert-OH is 4. The van der Waals surface area contributed by atoms with E-state index in [0.717, 1.165) is 173 Å². The molecule has 1 unspecified atom stereocenters. The third kappa shape index (κ3) is 65.3. The number of esters is 4. The van der Waals surface area contributed by atoms with Gasteiger partial charge in [-0.1, -0.05) is 427 Å². The van der Waals surface area contributed by atoms with Gasteiger partial charge in [0.15, 0.2) is 18.7 Å². The number of hydrogen-bond donors (Lipinski definition) is 8. The van der Waals surface area contributed by atoms with Crippen LogP contribution in [0.5, 0.6) is 0 Å². The minimum Gasteiger partial charge on any atom is -0.462 e. The van der Waals surface area contributed by atoms with Crippen molar-refractivity contribution in [1.29, 1.82) is 0 Å². The fourth-order valence-electron chi connectivity index (χ4n) is 17.7. The summed E-state index contributed by atoms with van der Waals surface area (Å²) in [6, 6.07) is -3.38. The van der Waals surface area contributed by atoms with Crippen LogP contribution in [0.2, 0.25) is 0 Å². The number of rotatable bonds is 90. The second-order valence-electron chi connectivity index (χ2n) is 37.6. The van der Waals surface area contributed by atoms with Gasteiger partial charge in [-0.2, -0.15) is 0 Å². The van der Waals surface area contributed by atoms with Gasteiger partial charge in [0.25, 0.3) is 0 Å². The smallest absolute Gasteiger partial charge is 0.462 e. The number of unbranched alkanes of at least 4 members (excludes halogenated alkanes) is 60. The highest BCUT2D eigenvalue weighted by molar-refractivity contribution is 7.46. The number of aliphatic hydroxyl groups is 4. The Bertz CT molecular complexity index is 2620. The lowest BCUT2D eigenvalue weighted by Crippen LogP contribution is -2.67. The molecule has 24 heteroatoms. The first-order valence-electron chi connectivity index (χ1n) is 52.9. The maximum absolute atomic E-state index is 15.1. The fraction of sp³-hybridized carbons (Fsp3) is 0.941. The molecule has 2 rings (SSSR count). The number of carbonyl (C=O) groups is 6. The lowest BCUT2D eigenvalue weighted by molar-refractivity contribution is -0.297. The molecule has 0 aromatic heterocycles. The Labute approximate surface area is 767 Å². The SMILES string of the molecule is CCCCCCCCCCCCCCCCCC(=O)O[C@H](CCCCCCCCCCC)CC(=O)N[C@H]1[C@H](OC[C@H]2OC(O)[C@H](NC(=O)C[C@@H](CCCCCCCCCCC)OC(=O)CCCCCCCCCCCCCCC)[C@@H](O)[C@@H]2O)O[C@H](CO)[C@@H](OP(=O)(O)O)[C@H]1OC(=O)C[C@@H](CCCCCCCCCCC)OC(=O)CCCCCCCCCCCCC. The Hall–Kier alpha value is -3.35. The molecule has 0 aromatic carbocycles. The molecule has 13 atom stereocenters. The molecular weight excluding hydrogens is 1620 g/mol. The van der Waals surface area contributed by atoms with Gasteiger partial charge in [0, 0.05) is 19.3 Å². The quantitative estimate of drug-likeness (QED) is 0.0121. The summed E-state index contributed by atoms with van der Waals surface area (Å²) in [4.78, 5) is 106. The highest BCUT2D eigenvalue weighted by Gasteiger charge is 2.53. The van der Waals surface area contributed by atoms with E-state index < -0.39 is 149 Å². The fourth-order valence-corrected chi connectivity index (χ4v) is 18.3. The van der Waals surface area contributed by atoms with Crippen LogP contribution in [0.25, 0.3) is 0 Å². The lowest BCUT2D eigenvalue weighted by Gasteiger charge is -2.46. The van der Waals surface area contributed by atoms with Crippen LogP contribution in [0.4, 0.5) is 0 Å². The number of carbonyl (C=O) groups excluding carboxylic acids is 6. The Morgan fingerprint density at radius 2 is 0.579 bits per heavy atom. The minimum atomic E-state index is -5.59. The van der Waals surface area contributed by atoms with Crippen molar-refractivity contribution in [3.63, 3.8) is 0 Å². The van der Waals surface area contributed by atoms with Crippen molar-refractivity contribution in [2.24, 2.45) is 0 Å². The Balaban J connectivity index is 2.56.